The molecule has 0 radical (unpaired) electrons. The molecule has 2 N–H and O–H groups in total. The van der Waals surface area contributed by atoms with Crippen molar-refractivity contribution < 1.29 is 9.90 Å². The van der Waals surface area contributed by atoms with E-state index in [1.807, 2.05) is 0 Å². The van der Waals surface area contributed by atoms with Crippen molar-refractivity contribution in [3.63, 3.8) is 0 Å². The fraction of sp³-hybridized carbons (Fsp3) is 0. The van der Waals surface area contributed by atoms with Crippen molar-refractivity contribution in [1.82, 2.24) is 15.4 Å². The van der Waals surface area contributed by atoms with E-state index in [1.165, 1.54) is 24.8 Å². The van der Waals surface area contributed by atoms with Crippen LogP contribution >= 0.6 is 31.9 Å². The molecule has 6 nitrogen and oxygen atoms in total. The quantitative estimate of drug-likeness (QED) is 0.613. The number of halogens is 2. The van der Waals surface area contributed by atoms with Crippen LogP contribution < -0.4 is 5.43 Å². The first-order valence-electron chi connectivity index (χ1n) is 5.35. The molecule has 0 aliphatic heterocycles. The number of rotatable bonds is 3. The summed E-state index contributed by atoms with van der Waals surface area (Å²) in [5, 5.41) is 13.4. The van der Waals surface area contributed by atoms with E-state index in [4.69, 9.17) is 0 Å². The first-order valence-corrected chi connectivity index (χ1v) is 6.94. The van der Waals surface area contributed by atoms with Gasteiger partial charge in [0.25, 0.3) is 5.91 Å². The van der Waals surface area contributed by atoms with Crippen LogP contribution in [0.1, 0.15) is 16.1 Å². The highest BCUT2D eigenvalue weighted by atomic mass is 79.9. The topological polar surface area (TPSA) is 87.5 Å². The molecule has 0 saturated heterocycles. The fourth-order valence-corrected chi connectivity index (χ4v) is 2.52. The van der Waals surface area contributed by atoms with Crippen LogP contribution in [-0.2, 0) is 0 Å². The maximum Gasteiger partial charge on any atom is 0.291 e. The minimum absolute atomic E-state index is 0.103. The van der Waals surface area contributed by atoms with E-state index in [9.17, 15) is 9.90 Å². The van der Waals surface area contributed by atoms with E-state index in [-0.39, 0.29) is 11.4 Å². The minimum atomic E-state index is -0.453. The molecule has 0 saturated carbocycles. The second-order valence-electron chi connectivity index (χ2n) is 3.62. The molecule has 8 heteroatoms. The van der Waals surface area contributed by atoms with Gasteiger partial charge < -0.3 is 5.11 Å². The van der Waals surface area contributed by atoms with Crippen LogP contribution in [0.3, 0.4) is 0 Å². The van der Waals surface area contributed by atoms with Gasteiger partial charge in [-0.05, 0) is 49.6 Å². The molecule has 1 aromatic heterocycles. The Morgan fingerprint density at radius 3 is 2.60 bits per heavy atom. The van der Waals surface area contributed by atoms with Gasteiger partial charge in [0.1, 0.15) is 11.4 Å². The van der Waals surface area contributed by atoms with Crippen LogP contribution in [0, 0.1) is 0 Å². The largest absolute Gasteiger partial charge is 0.506 e. The average Bonchev–Trinajstić information content (AvgIpc) is 2.45. The number of carbonyl (C=O) groups is 1. The number of nitrogens with zero attached hydrogens (tertiary/aromatic N) is 3. The van der Waals surface area contributed by atoms with Crippen LogP contribution in [0.5, 0.6) is 5.75 Å². The zero-order valence-corrected chi connectivity index (χ0v) is 13.1. The lowest BCUT2D eigenvalue weighted by molar-refractivity contribution is 0.0949. The minimum Gasteiger partial charge on any atom is -0.506 e. The molecule has 2 rings (SSSR count). The maximum atomic E-state index is 11.6. The van der Waals surface area contributed by atoms with Crippen LogP contribution in [0.2, 0.25) is 0 Å². The number of aromatic nitrogens is 2. The number of phenols is 1. The van der Waals surface area contributed by atoms with Gasteiger partial charge in [-0.2, -0.15) is 5.10 Å². The Bertz CT molecular complexity index is 639. The molecule has 1 heterocycles. The lowest BCUT2D eigenvalue weighted by atomic mass is 10.2. The number of benzene rings is 1. The molecule has 20 heavy (non-hydrogen) atoms. The maximum absolute atomic E-state index is 11.6. The van der Waals surface area contributed by atoms with Crippen LogP contribution in [0.4, 0.5) is 0 Å². The predicted molar refractivity (Wildman–Crippen MR) is 80.6 cm³/mol. The molecule has 0 bridgehead atoms. The van der Waals surface area contributed by atoms with E-state index < -0.39 is 5.91 Å². The standard InChI is InChI=1S/C12H8Br2N4O2/c13-8-3-7(4-9(14)11(8)19)5-17-18-12(20)10-6-15-1-2-16-10/h1-6,19H,(H,18,20)/b17-5+. The van der Waals surface area contributed by atoms with E-state index >= 15 is 0 Å². The molecule has 0 atom stereocenters. The lowest BCUT2D eigenvalue weighted by Crippen LogP contribution is -2.19. The van der Waals surface area contributed by atoms with Crippen LogP contribution in [-0.4, -0.2) is 27.2 Å². The van der Waals surface area contributed by atoms with Crippen molar-refractivity contribution in [2.75, 3.05) is 0 Å². The molecule has 102 valence electrons. The Morgan fingerprint density at radius 1 is 1.30 bits per heavy atom. The third-order valence-electron chi connectivity index (χ3n) is 2.21. The van der Waals surface area contributed by atoms with Gasteiger partial charge in [0, 0.05) is 12.4 Å². The number of hydrazone groups is 1. The zero-order chi connectivity index (χ0) is 14.5. The Labute approximate surface area is 131 Å². The number of hydrogen-bond donors (Lipinski definition) is 2. The van der Waals surface area contributed by atoms with E-state index in [2.05, 4.69) is 52.4 Å². The SMILES string of the molecule is O=C(N/N=C/c1cc(Br)c(O)c(Br)c1)c1cnccn1. The zero-order valence-electron chi connectivity index (χ0n) is 9.92. The van der Waals surface area contributed by atoms with Crippen LogP contribution in [0.25, 0.3) is 0 Å². The summed E-state index contributed by atoms with van der Waals surface area (Å²) in [5.41, 5.74) is 3.21. The number of nitrogens with one attached hydrogen (secondary N) is 1. The Morgan fingerprint density at radius 2 is 2.00 bits per heavy atom. The van der Waals surface area contributed by atoms with Crippen LogP contribution in [0.15, 0.2) is 44.8 Å². The first kappa shape index (κ1) is 14.6. The number of aromatic hydroxyl groups is 1. The van der Waals surface area contributed by atoms with Crippen molar-refractivity contribution in [3.8, 4) is 5.75 Å². The summed E-state index contributed by atoms with van der Waals surface area (Å²) in [7, 11) is 0. The molecule has 2 aromatic rings. The monoisotopic (exact) mass is 398 g/mol. The summed E-state index contributed by atoms with van der Waals surface area (Å²) in [6.07, 6.45) is 5.69. The van der Waals surface area contributed by atoms with Gasteiger partial charge in [0.15, 0.2) is 0 Å². The number of carbonyl (C=O) groups excluding carboxylic acids is 1. The second-order valence-corrected chi connectivity index (χ2v) is 5.33. The number of hydrogen-bond acceptors (Lipinski definition) is 5. The van der Waals surface area contributed by atoms with Gasteiger partial charge in [0.05, 0.1) is 21.4 Å². The molecular weight excluding hydrogens is 392 g/mol. The highest BCUT2D eigenvalue weighted by Crippen LogP contribution is 2.32. The van der Waals surface area contributed by atoms with Gasteiger partial charge in [-0.3, -0.25) is 9.78 Å². The van der Waals surface area contributed by atoms with Gasteiger partial charge in [-0.1, -0.05) is 0 Å². The average molecular weight is 400 g/mol. The van der Waals surface area contributed by atoms with Crippen molar-refractivity contribution in [2.45, 2.75) is 0 Å². The Kier molecular flexibility index (Phi) is 4.80. The van der Waals surface area contributed by atoms with Gasteiger partial charge in [0.2, 0.25) is 0 Å². The molecular formula is C12H8Br2N4O2. The second kappa shape index (κ2) is 6.58. The number of phenolic OH excluding ortho intramolecular Hbond substituents is 1. The fourth-order valence-electron chi connectivity index (χ4n) is 1.30. The third kappa shape index (κ3) is 3.61. The molecule has 0 unspecified atom stereocenters. The third-order valence-corrected chi connectivity index (χ3v) is 3.42. The lowest BCUT2D eigenvalue weighted by Gasteiger charge is -2.02. The first-order chi connectivity index (χ1) is 9.58. The summed E-state index contributed by atoms with van der Waals surface area (Å²) >= 11 is 6.41. The number of amides is 1. The summed E-state index contributed by atoms with van der Waals surface area (Å²) in [5.74, 6) is -0.350. The van der Waals surface area contributed by atoms with Crippen molar-refractivity contribution >= 4 is 44.0 Å². The Hall–Kier alpha value is -1.80. The van der Waals surface area contributed by atoms with E-state index in [1.54, 1.807) is 12.1 Å². The summed E-state index contributed by atoms with van der Waals surface area (Å²) in [4.78, 5) is 19.3. The molecule has 0 aliphatic rings. The van der Waals surface area contributed by atoms with Crippen molar-refractivity contribution in [2.24, 2.45) is 5.10 Å². The highest BCUT2D eigenvalue weighted by Gasteiger charge is 2.06. The summed E-state index contributed by atoms with van der Waals surface area (Å²) < 4.78 is 1.04. The smallest absolute Gasteiger partial charge is 0.291 e. The predicted octanol–water partition coefficient (Wildman–Crippen LogP) is 2.47. The van der Waals surface area contributed by atoms with Gasteiger partial charge in [-0.25, -0.2) is 10.4 Å². The molecule has 0 aliphatic carbocycles. The van der Waals surface area contributed by atoms with Gasteiger partial charge in [-0.15, -0.1) is 0 Å². The normalized spacial score (nSPS) is 10.7. The molecule has 0 fully saturated rings. The molecule has 0 spiro atoms. The molecule has 1 amide bonds. The van der Waals surface area contributed by atoms with E-state index in [0.717, 1.165) is 0 Å². The van der Waals surface area contributed by atoms with E-state index in [0.29, 0.717) is 14.5 Å². The molecule has 1 aromatic carbocycles. The van der Waals surface area contributed by atoms with Crippen molar-refractivity contribution in [1.29, 1.82) is 0 Å². The Balaban J connectivity index is 2.06. The van der Waals surface area contributed by atoms with Gasteiger partial charge >= 0.3 is 0 Å². The summed E-state index contributed by atoms with van der Waals surface area (Å²) in [6, 6.07) is 3.33. The highest BCUT2D eigenvalue weighted by molar-refractivity contribution is 9.11. The van der Waals surface area contributed by atoms with Crippen molar-refractivity contribution in [3.05, 3.63) is 50.9 Å². The summed E-state index contributed by atoms with van der Waals surface area (Å²) in [6.45, 7) is 0.